The van der Waals surface area contributed by atoms with E-state index >= 15 is 0 Å². The van der Waals surface area contributed by atoms with Crippen molar-refractivity contribution in [1.29, 1.82) is 0 Å². The van der Waals surface area contributed by atoms with Crippen LogP contribution in [0.5, 0.6) is 0 Å². The van der Waals surface area contributed by atoms with Gasteiger partial charge in [0.05, 0.1) is 12.8 Å². The molecule has 8 heteroatoms. The summed E-state index contributed by atoms with van der Waals surface area (Å²) in [6, 6.07) is 0. The third kappa shape index (κ3) is 4.89. The Hall–Kier alpha value is -0.994. The topological polar surface area (TPSA) is 132 Å². The Morgan fingerprint density at radius 2 is 1.21 bits per heavy atom. The standard InChI is InChI=1S/C6H8O7.Ga/c7-3(8)1-6(13,5(11)12)2-4(9)10;/h13H,1-2H2,(H,7,8)(H,9,10)(H,11,12);. The van der Waals surface area contributed by atoms with Gasteiger partial charge in [-0.1, -0.05) is 0 Å². The van der Waals surface area contributed by atoms with Crippen LogP contribution in [0.4, 0.5) is 0 Å². The molecule has 0 fully saturated rings. The van der Waals surface area contributed by atoms with Crippen LogP contribution >= 0.6 is 0 Å². The summed E-state index contributed by atoms with van der Waals surface area (Å²) < 4.78 is 0. The number of rotatable bonds is 5. The summed E-state index contributed by atoms with van der Waals surface area (Å²) in [5.74, 6) is -5.02. The van der Waals surface area contributed by atoms with Crippen LogP contribution < -0.4 is 0 Å². The molecule has 0 bridgehead atoms. The molecule has 0 aromatic heterocycles. The van der Waals surface area contributed by atoms with Crippen LogP contribution in [0, 0.1) is 0 Å². The van der Waals surface area contributed by atoms with Gasteiger partial charge in [-0.05, 0) is 0 Å². The van der Waals surface area contributed by atoms with Crippen LogP contribution in [0.1, 0.15) is 12.8 Å². The van der Waals surface area contributed by atoms with E-state index in [2.05, 4.69) is 0 Å². The number of hydrogen-bond donors (Lipinski definition) is 4. The van der Waals surface area contributed by atoms with E-state index in [-0.39, 0.29) is 19.8 Å². The molecule has 4 N–H and O–H groups in total. The molecule has 0 rings (SSSR count). The van der Waals surface area contributed by atoms with Crippen molar-refractivity contribution in [2.75, 3.05) is 0 Å². The Morgan fingerprint density at radius 1 is 0.929 bits per heavy atom. The quantitative estimate of drug-likeness (QED) is 0.437. The van der Waals surface area contributed by atoms with E-state index in [0.717, 1.165) is 0 Å². The van der Waals surface area contributed by atoms with Gasteiger partial charge in [-0.15, -0.1) is 0 Å². The van der Waals surface area contributed by atoms with Crippen molar-refractivity contribution < 1.29 is 34.8 Å². The first-order chi connectivity index (χ1) is 5.78. The minimum Gasteiger partial charge on any atom is -0.481 e. The Balaban J connectivity index is 0. The normalized spacial score (nSPS) is 10.1. The molecule has 0 saturated heterocycles. The summed E-state index contributed by atoms with van der Waals surface area (Å²) in [6.07, 6.45) is -2.29. The van der Waals surface area contributed by atoms with Gasteiger partial charge in [0.2, 0.25) is 0 Å². The van der Waals surface area contributed by atoms with Crippen LogP contribution in [0.2, 0.25) is 0 Å². The predicted molar refractivity (Wildman–Crippen MR) is 42.8 cm³/mol. The number of hydrogen-bond acceptors (Lipinski definition) is 4. The second kappa shape index (κ2) is 5.68. The van der Waals surface area contributed by atoms with E-state index in [9.17, 15) is 14.4 Å². The van der Waals surface area contributed by atoms with Gasteiger partial charge in [-0.2, -0.15) is 0 Å². The Bertz CT molecular complexity index is 233. The first-order valence-electron chi connectivity index (χ1n) is 3.17. The van der Waals surface area contributed by atoms with Crippen LogP contribution in [0.15, 0.2) is 0 Å². The third-order valence-electron chi connectivity index (χ3n) is 1.29. The molecule has 0 aliphatic heterocycles. The first kappa shape index (κ1) is 15.5. The van der Waals surface area contributed by atoms with Gasteiger partial charge < -0.3 is 20.4 Å². The molecule has 0 aliphatic carbocycles. The van der Waals surface area contributed by atoms with Crippen molar-refractivity contribution in [2.24, 2.45) is 0 Å². The maximum absolute atomic E-state index is 10.3. The molecule has 77 valence electrons. The minimum absolute atomic E-state index is 0. The van der Waals surface area contributed by atoms with Crippen LogP contribution in [0.3, 0.4) is 0 Å². The van der Waals surface area contributed by atoms with Gasteiger partial charge >= 0.3 is 17.9 Å². The monoisotopic (exact) mass is 261 g/mol. The summed E-state index contributed by atoms with van der Waals surface area (Å²) in [6.45, 7) is 0. The zero-order chi connectivity index (χ0) is 10.6. The van der Waals surface area contributed by atoms with Gasteiger partial charge in [-0.3, -0.25) is 9.59 Å². The van der Waals surface area contributed by atoms with Crippen molar-refractivity contribution in [3.63, 3.8) is 0 Å². The predicted octanol–water partition coefficient (Wildman–Crippen LogP) is -1.63. The number of carboxylic acid groups (broad SMARTS) is 3. The number of aliphatic hydroxyl groups is 1. The maximum Gasteiger partial charge on any atom is 0.336 e. The van der Waals surface area contributed by atoms with Gasteiger partial charge in [0.1, 0.15) is 0 Å². The number of aliphatic carboxylic acids is 3. The van der Waals surface area contributed by atoms with Gasteiger partial charge in [0.15, 0.2) is 5.60 Å². The molecular formula is C6H8GaO7. The molecule has 0 amide bonds. The van der Waals surface area contributed by atoms with Crippen molar-refractivity contribution in [3.8, 4) is 0 Å². The average Bonchev–Trinajstić information content (AvgIpc) is 1.82. The van der Waals surface area contributed by atoms with E-state index < -0.39 is 36.4 Å². The number of carboxylic acids is 3. The summed E-state index contributed by atoms with van der Waals surface area (Å²) >= 11 is 0. The van der Waals surface area contributed by atoms with Crippen LogP contribution in [-0.2, 0) is 14.4 Å². The van der Waals surface area contributed by atoms with Gasteiger partial charge in [-0.25, -0.2) is 4.79 Å². The van der Waals surface area contributed by atoms with Crippen molar-refractivity contribution in [3.05, 3.63) is 0 Å². The summed E-state index contributed by atoms with van der Waals surface area (Å²) in [5, 5.41) is 33.8. The molecule has 0 atom stereocenters. The molecule has 0 aromatic rings. The van der Waals surface area contributed by atoms with Crippen molar-refractivity contribution in [2.45, 2.75) is 18.4 Å². The van der Waals surface area contributed by atoms with E-state index in [1.807, 2.05) is 0 Å². The fourth-order valence-corrected chi connectivity index (χ4v) is 0.714. The Morgan fingerprint density at radius 3 is 1.36 bits per heavy atom. The second-order valence-corrected chi connectivity index (χ2v) is 2.48. The molecule has 7 nitrogen and oxygen atoms in total. The molecule has 0 heterocycles. The zero-order valence-electron chi connectivity index (χ0n) is 7.01. The van der Waals surface area contributed by atoms with E-state index in [1.54, 1.807) is 0 Å². The SMILES string of the molecule is O=C(O)CC(O)(CC(=O)O)C(=O)O.[Ga]. The van der Waals surface area contributed by atoms with Crippen molar-refractivity contribution in [1.82, 2.24) is 0 Å². The molecule has 3 radical (unpaired) electrons. The molecule has 0 unspecified atom stereocenters. The molecule has 0 saturated carbocycles. The Labute approximate surface area is 91.4 Å². The minimum atomic E-state index is -2.74. The average molecular weight is 262 g/mol. The van der Waals surface area contributed by atoms with Gasteiger partial charge in [0.25, 0.3) is 0 Å². The Kier molecular flexibility index (Phi) is 6.28. The fourth-order valence-electron chi connectivity index (χ4n) is 0.714. The molecule has 14 heavy (non-hydrogen) atoms. The van der Waals surface area contributed by atoms with E-state index in [4.69, 9.17) is 20.4 Å². The number of carbonyl (C=O) groups is 3. The van der Waals surface area contributed by atoms with Crippen LogP contribution in [0.25, 0.3) is 0 Å². The van der Waals surface area contributed by atoms with E-state index in [1.165, 1.54) is 0 Å². The summed E-state index contributed by atoms with van der Waals surface area (Å²) in [4.78, 5) is 30.5. The molecule has 0 spiro atoms. The molecular weight excluding hydrogens is 254 g/mol. The third-order valence-corrected chi connectivity index (χ3v) is 1.29. The largest absolute Gasteiger partial charge is 0.481 e. The van der Waals surface area contributed by atoms with E-state index in [0.29, 0.717) is 0 Å². The zero-order valence-corrected chi connectivity index (χ0v) is 9.43. The van der Waals surface area contributed by atoms with Crippen molar-refractivity contribution >= 4 is 37.7 Å². The molecule has 0 aliphatic rings. The molecule has 0 aromatic carbocycles. The fraction of sp³-hybridized carbons (Fsp3) is 0.500. The smallest absolute Gasteiger partial charge is 0.336 e. The van der Waals surface area contributed by atoms with Gasteiger partial charge in [0, 0.05) is 19.8 Å². The maximum atomic E-state index is 10.3. The second-order valence-electron chi connectivity index (χ2n) is 2.48. The first-order valence-corrected chi connectivity index (χ1v) is 3.17. The van der Waals surface area contributed by atoms with Crippen LogP contribution in [-0.4, -0.2) is 63.7 Å². The summed E-state index contributed by atoms with van der Waals surface area (Å²) in [7, 11) is 0. The summed E-state index contributed by atoms with van der Waals surface area (Å²) in [5.41, 5.74) is -2.74.